The van der Waals surface area contributed by atoms with Gasteiger partial charge in [-0.15, -0.1) is 0 Å². The Morgan fingerprint density at radius 2 is 0.750 bits per heavy atom. The molecule has 5 aromatic rings. The van der Waals surface area contributed by atoms with Gasteiger partial charge in [0.05, 0.1) is 0 Å². The monoisotopic (exact) mass is 520 g/mol. The van der Waals surface area contributed by atoms with Crippen molar-refractivity contribution >= 4 is 0 Å². The number of benzene rings is 5. The van der Waals surface area contributed by atoms with Crippen molar-refractivity contribution in [3.8, 4) is 33.4 Å². The van der Waals surface area contributed by atoms with Gasteiger partial charge in [0.2, 0.25) is 0 Å². The van der Waals surface area contributed by atoms with Crippen LogP contribution in [0.3, 0.4) is 0 Å². The van der Waals surface area contributed by atoms with Gasteiger partial charge in [0.15, 0.2) is 0 Å². The molecule has 0 aliphatic heterocycles. The first kappa shape index (κ1) is 26.3. The van der Waals surface area contributed by atoms with E-state index in [4.69, 9.17) is 0 Å². The summed E-state index contributed by atoms with van der Waals surface area (Å²) in [7, 11) is 0. The van der Waals surface area contributed by atoms with Gasteiger partial charge in [0, 0.05) is 5.41 Å². The standard InChI is InChI=1S/C40H40/c1-23-14-24(2)20-33(19-23)40(9)36-21-31(38-27(5)15-25(3)16-28(38)6)10-12-34(36)35-13-11-32(22-37(35)40)39-29(7)17-26(4)18-30(39)8/h10-22H,1-9H3. The molecule has 0 aromatic heterocycles. The fraction of sp³-hybridized carbons (Fsp3) is 0.250. The molecule has 0 fully saturated rings. The van der Waals surface area contributed by atoms with Gasteiger partial charge >= 0.3 is 0 Å². The van der Waals surface area contributed by atoms with Crippen molar-refractivity contribution in [1.29, 1.82) is 0 Å². The molecule has 0 amide bonds. The highest BCUT2D eigenvalue weighted by atomic mass is 14.4. The summed E-state index contributed by atoms with van der Waals surface area (Å²) in [4.78, 5) is 0. The highest BCUT2D eigenvalue weighted by Crippen LogP contribution is 2.54. The third-order valence-corrected chi connectivity index (χ3v) is 9.14. The Labute approximate surface area is 240 Å². The average molecular weight is 521 g/mol. The van der Waals surface area contributed by atoms with E-state index < -0.39 is 0 Å². The van der Waals surface area contributed by atoms with Gasteiger partial charge in [0.1, 0.15) is 0 Å². The molecule has 1 aliphatic carbocycles. The van der Waals surface area contributed by atoms with Gasteiger partial charge in [-0.3, -0.25) is 0 Å². The highest BCUT2D eigenvalue weighted by molar-refractivity contribution is 5.89. The molecule has 0 heteroatoms. The number of aryl methyl sites for hydroxylation is 8. The molecule has 0 nitrogen and oxygen atoms in total. The number of hydrogen-bond acceptors (Lipinski definition) is 0. The Balaban J connectivity index is 1.64. The van der Waals surface area contributed by atoms with Crippen molar-refractivity contribution < 1.29 is 0 Å². The van der Waals surface area contributed by atoms with Crippen molar-refractivity contribution in [1.82, 2.24) is 0 Å². The summed E-state index contributed by atoms with van der Waals surface area (Å²) in [6.45, 7) is 20.3. The molecule has 0 radical (unpaired) electrons. The van der Waals surface area contributed by atoms with E-state index in [0.29, 0.717) is 0 Å². The summed E-state index contributed by atoms with van der Waals surface area (Å²) < 4.78 is 0. The van der Waals surface area contributed by atoms with Gasteiger partial charge in [-0.25, -0.2) is 0 Å². The maximum atomic E-state index is 2.49. The zero-order chi connectivity index (χ0) is 28.5. The summed E-state index contributed by atoms with van der Waals surface area (Å²) in [6.07, 6.45) is 0. The molecule has 0 atom stereocenters. The Morgan fingerprint density at radius 1 is 0.400 bits per heavy atom. The Bertz CT molecular complexity index is 1650. The van der Waals surface area contributed by atoms with Crippen LogP contribution in [-0.4, -0.2) is 0 Å². The summed E-state index contributed by atoms with van der Waals surface area (Å²) in [5.74, 6) is 0. The first-order valence-electron chi connectivity index (χ1n) is 14.5. The summed E-state index contributed by atoms with van der Waals surface area (Å²) in [5.41, 5.74) is 22.6. The van der Waals surface area contributed by atoms with Gasteiger partial charge in [0.25, 0.3) is 0 Å². The molecule has 0 spiro atoms. The lowest BCUT2D eigenvalue weighted by molar-refractivity contribution is 0.712. The fourth-order valence-electron chi connectivity index (χ4n) is 7.69. The molecule has 0 heterocycles. The van der Waals surface area contributed by atoms with Crippen LogP contribution in [-0.2, 0) is 5.41 Å². The smallest absolute Gasteiger partial charge is 0.0436 e. The fourth-order valence-corrected chi connectivity index (χ4v) is 7.69. The molecule has 200 valence electrons. The van der Waals surface area contributed by atoms with E-state index in [1.807, 2.05) is 0 Å². The van der Waals surface area contributed by atoms with E-state index in [-0.39, 0.29) is 5.41 Å². The molecule has 40 heavy (non-hydrogen) atoms. The van der Waals surface area contributed by atoms with Crippen molar-refractivity contribution in [2.75, 3.05) is 0 Å². The quantitative estimate of drug-likeness (QED) is 0.222. The zero-order valence-electron chi connectivity index (χ0n) is 25.5. The van der Waals surface area contributed by atoms with Crippen LogP contribution in [0.2, 0.25) is 0 Å². The van der Waals surface area contributed by atoms with Crippen LogP contribution in [0.5, 0.6) is 0 Å². The van der Waals surface area contributed by atoms with E-state index >= 15 is 0 Å². The number of rotatable bonds is 3. The largest absolute Gasteiger partial charge is 0.0564 e. The summed E-state index contributed by atoms with van der Waals surface area (Å²) >= 11 is 0. The normalized spacial score (nSPS) is 13.3. The minimum absolute atomic E-state index is 0.257. The van der Waals surface area contributed by atoms with E-state index in [0.717, 1.165) is 0 Å². The molecular formula is C40H40. The van der Waals surface area contributed by atoms with Gasteiger partial charge in [-0.1, -0.05) is 89.0 Å². The van der Waals surface area contributed by atoms with E-state index in [2.05, 4.69) is 141 Å². The maximum Gasteiger partial charge on any atom is 0.0436 e. The molecule has 0 N–H and O–H groups in total. The SMILES string of the molecule is Cc1cc(C)cc(C2(C)c3cc(-c4c(C)cc(C)cc4C)ccc3-c3ccc(-c4c(C)cc(C)cc4C)cc32)c1. The second-order valence-corrected chi connectivity index (χ2v) is 12.6. The topological polar surface area (TPSA) is 0 Å². The van der Waals surface area contributed by atoms with Crippen LogP contribution in [0.25, 0.3) is 33.4 Å². The van der Waals surface area contributed by atoms with E-state index in [1.165, 1.54) is 94.6 Å². The molecular weight excluding hydrogens is 480 g/mol. The Morgan fingerprint density at radius 3 is 1.12 bits per heavy atom. The number of hydrogen-bond donors (Lipinski definition) is 0. The van der Waals surface area contributed by atoms with Crippen LogP contribution >= 0.6 is 0 Å². The minimum atomic E-state index is -0.257. The summed E-state index contributed by atoms with van der Waals surface area (Å²) in [5, 5.41) is 0. The van der Waals surface area contributed by atoms with E-state index in [9.17, 15) is 0 Å². The number of fused-ring (bicyclic) bond motifs is 3. The first-order chi connectivity index (χ1) is 19.0. The van der Waals surface area contributed by atoms with Crippen LogP contribution in [0.15, 0.2) is 78.9 Å². The molecule has 0 saturated heterocycles. The second kappa shape index (κ2) is 9.34. The van der Waals surface area contributed by atoms with Crippen LogP contribution in [0.1, 0.15) is 68.1 Å². The second-order valence-electron chi connectivity index (χ2n) is 12.6. The van der Waals surface area contributed by atoms with Crippen LogP contribution in [0, 0.1) is 55.4 Å². The lowest BCUT2D eigenvalue weighted by atomic mass is 9.72. The van der Waals surface area contributed by atoms with Crippen molar-refractivity contribution in [3.63, 3.8) is 0 Å². The highest BCUT2D eigenvalue weighted by Gasteiger charge is 2.41. The van der Waals surface area contributed by atoms with Crippen molar-refractivity contribution in [2.45, 2.75) is 67.7 Å². The lowest BCUT2D eigenvalue weighted by Crippen LogP contribution is -2.23. The molecule has 5 aromatic carbocycles. The Hall–Kier alpha value is -3.90. The molecule has 1 aliphatic rings. The van der Waals surface area contributed by atoms with Gasteiger partial charge < -0.3 is 0 Å². The average Bonchev–Trinajstić information content (AvgIpc) is 3.11. The predicted octanol–water partition coefficient (Wildman–Crippen LogP) is 10.8. The first-order valence-corrected chi connectivity index (χ1v) is 14.5. The zero-order valence-corrected chi connectivity index (χ0v) is 25.5. The third-order valence-electron chi connectivity index (χ3n) is 9.14. The van der Waals surface area contributed by atoms with Crippen LogP contribution in [0.4, 0.5) is 0 Å². The maximum absolute atomic E-state index is 2.49. The van der Waals surface area contributed by atoms with Crippen molar-refractivity contribution in [2.24, 2.45) is 0 Å². The summed E-state index contributed by atoms with van der Waals surface area (Å²) in [6, 6.07) is 30.7. The van der Waals surface area contributed by atoms with Crippen LogP contribution < -0.4 is 0 Å². The molecule has 6 rings (SSSR count). The third kappa shape index (κ3) is 4.05. The molecule has 0 bridgehead atoms. The molecule has 0 saturated carbocycles. The Kier molecular flexibility index (Phi) is 6.15. The van der Waals surface area contributed by atoms with Crippen molar-refractivity contribution in [3.05, 3.63) is 140 Å². The molecule has 0 unspecified atom stereocenters. The van der Waals surface area contributed by atoms with E-state index in [1.54, 1.807) is 0 Å². The van der Waals surface area contributed by atoms with Gasteiger partial charge in [-0.2, -0.15) is 0 Å². The lowest BCUT2D eigenvalue weighted by Gasteiger charge is -2.30. The predicted molar refractivity (Wildman–Crippen MR) is 173 cm³/mol. The minimum Gasteiger partial charge on any atom is -0.0564 e. The van der Waals surface area contributed by atoms with Gasteiger partial charge in [-0.05, 0) is 147 Å².